The predicted molar refractivity (Wildman–Crippen MR) is 47.8 cm³/mol. The molecule has 0 heterocycles. The molecular weight excluding hydrogens is 156 g/mol. The number of halogens is 1. The molecule has 0 nitrogen and oxygen atoms in total. The lowest BCUT2D eigenvalue weighted by Crippen LogP contribution is -2.02. The third-order valence-corrected chi connectivity index (χ3v) is 2.54. The van der Waals surface area contributed by atoms with E-state index < -0.39 is 0 Å². The molecule has 1 aromatic carbocycles. The number of hydrogen-bond acceptors (Lipinski definition) is 0. The lowest BCUT2D eigenvalue weighted by Gasteiger charge is -2.15. The lowest BCUT2D eigenvalue weighted by atomic mass is 9.92. The molecule has 0 atom stereocenters. The Labute approximate surface area is 72.2 Å². The minimum absolute atomic E-state index is 0.929. The van der Waals surface area contributed by atoms with E-state index in [-0.39, 0.29) is 0 Å². The Morgan fingerprint density at radius 2 is 2.18 bits per heavy atom. The van der Waals surface area contributed by atoms with Gasteiger partial charge in [-0.15, -0.1) is 0 Å². The zero-order chi connectivity index (χ0) is 7.68. The molecule has 1 aliphatic rings. The number of rotatable bonds is 0. The standard InChI is InChI=1S/C10H10Cl/c11-10-7-3-5-8-4-1-2-6-9(8)10/h2-3,5,7H,1,4,6H2. The van der Waals surface area contributed by atoms with Gasteiger partial charge in [0.1, 0.15) is 0 Å². The van der Waals surface area contributed by atoms with Crippen molar-refractivity contribution in [1.29, 1.82) is 0 Å². The number of hydrogen-bond donors (Lipinski definition) is 0. The van der Waals surface area contributed by atoms with Crippen LogP contribution in [-0.2, 0) is 12.8 Å². The first kappa shape index (κ1) is 7.17. The molecule has 1 radical (unpaired) electrons. The van der Waals surface area contributed by atoms with Gasteiger partial charge in [0.2, 0.25) is 0 Å². The molecule has 0 spiro atoms. The smallest absolute Gasteiger partial charge is 0.0440 e. The highest BCUT2D eigenvalue weighted by Gasteiger charge is 2.10. The summed E-state index contributed by atoms with van der Waals surface area (Å²) in [5.41, 5.74) is 2.76. The Balaban J connectivity index is 2.49. The van der Waals surface area contributed by atoms with Gasteiger partial charge in [-0.2, -0.15) is 0 Å². The van der Waals surface area contributed by atoms with Gasteiger partial charge in [0.25, 0.3) is 0 Å². The van der Waals surface area contributed by atoms with Gasteiger partial charge < -0.3 is 0 Å². The van der Waals surface area contributed by atoms with Crippen molar-refractivity contribution in [2.24, 2.45) is 0 Å². The van der Waals surface area contributed by atoms with Crippen LogP contribution in [-0.4, -0.2) is 0 Å². The summed E-state index contributed by atoms with van der Waals surface area (Å²) < 4.78 is 0. The van der Waals surface area contributed by atoms with Gasteiger partial charge in [0.15, 0.2) is 0 Å². The topological polar surface area (TPSA) is 0 Å². The third kappa shape index (κ3) is 1.28. The summed E-state index contributed by atoms with van der Waals surface area (Å²) in [4.78, 5) is 0. The van der Waals surface area contributed by atoms with Crippen LogP contribution in [0.15, 0.2) is 18.2 Å². The molecule has 0 aliphatic heterocycles. The molecule has 1 aliphatic carbocycles. The fourth-order valence-electron chi connectivity index (χ4n) is 1.57. The van der Waals surface area contributed by atoms with Crippen LogP contribution in [0, 0.1) is 6.42 Å². The Bertz CT molecular complexity index is 266. The summed E-state index contributed by atoms with van der Waals surface area (Å²) in [5, 5.41) is 0.929. The van der Waals surface area contributed by atoms with E-state index in [1.165, 1.54) is 17.5 Å². The Morgan fingerprint density at radius 3 is 3.00 bits per heavy atom. The van der Waals surface area contributed by atoms with Crippen LogP contribution in [0.3, 0.4) is 0 Å². The van der Waals surface area contributed by atoms with E-state index in [4.69, 9.17) is 11.6 Å². The third-order valence-electron chi connectivity index (χ3n) is 2.18. The van der Waals surface area contributed by atoms with Crippen molar-refractivity contribution in [2.45, 2.75) is 19.3 Å². The largest absolute Gasteiger partial charge is 0.0840 e. The van der Waals surface area contributed by atoms with Crippen molar-refractivity contribution < 1.29 is 0 Å². The van der Waals surface area contributed by atoms with Gasteiger partial charge in [-0.3, -0.25) is 0 Å². The molecule has 0 saturated heterocycles. The Morgan fingerprint density at radius 1 is 1.27 bits per heavy atom. The second kappa shape index (κ2) is 2.86. The maximum absolute atomic E-state index is 6.02. The van der Waals surface area contributed by atoms with Gasteiger partial charge in [-0.05, 0) is 42.9 Å². The van der Waals surface area contributed by atoms with E-state index >= 15 is 0 Å². The van der Waals surface area contributed by atoms with E-state index in [9.17, 15) is 0 Å². The zero-order valence-corrected chi connectivity index (χ0v) is 7.06. The first-order valence-corrected chi connectivity index (χ1v) is 4.33. The van der Waals surface area contributed by atoms with Crippen LogP contribution in [0.1, 0.15) is 17.5 Å². The highest BCUT2D eigenvalue weighted by atomic mass is 35.5. The quantitative estimate of drug-likeness (QED) is 0.555. The van der Waals surface area contributed by atoms with E-state index in [2.05, 4.69) is 12.5 Å². The molecule has 11 heavy (non-hydrogen) atoms. The van der Waals surface area contributed by atoms with Crippen LogP contribution in [0.5, 0.6) is 0 Å². The molecule has 0 bridgehead atoms. The van der Waals surface area contributed by atoms with Gasteiger partial charge in [0.05, 0.1) is 0 Å². The van der Waals surface area contributed by atoms with Crippen molar-refractivity contribution in [3.63, 3.8) is 0 Å². The van der Waals surface area contributed by atoms with Gasteiger partial charge >= 0.3 is 0 Å². The minimum Gasteiger partial charge on any atom is -0.0840 e. The Hall–Kier alpha value is -0.490. The molecule has 0 aromatic heterocycles. The van der Waals surface area contributed by atoms with Crippen molar-refractivity contribution in [3.8, 4) is 0 Å². The van der Waals surface area contributed by atoms with E-state index in [0.29, 0.717) is 0 Å². The minimum atomic E-state index is 0.929. The monoisotopic (exact) mass is 165 g/mol. The first-order chi connectivity index (χ1) is 5.38. The normalized spacial score (nSPS) is 16.1. The van der Waals surface area contributed by atoms with Crippen molar-refractivity contribution >= 4 is 11.6 Å². The lowest BCUT2D eigenvalue weighted by molar-refractivity contribution is 0.830. The summed E-state index contributed by atoms with van der Waals surface area (Å²) in [6.07, 6.45) is 5.71. The molecule has 0 saturated carbocycles. The molecule has 0 unspecified atom stereocenters. The molecule has 0 amide bonds. The number of benzene rings is 1. The van der Waals surface area contributed by atoms with Gasteiger partial charge in [-0.1, -0.05) is 23.7 Å². The maximum Gasteiger partial charge on any atom is 0.0440 e. The summed E-state index contributed by atoms with van der Waals surface area (Å²) in [6, 6.07) is 6.18. The van der Waals surface area contributed by atoms with Crippen molar-refractivity contribution in [2.75, 3.05) is 0 Å². The van der Waals surface area contributed by atoms with E-state index in [1.54, 1.807) is 0 Å². The van der Waals surface area contributed by atoms with Crippen molar-refractivity contribution in [1.82, 2.24) is 0 Å². The van der Waals surface area contributed by atoms with Crippen LogP contribution < -0.4 is 0 Å². The van der Waals surface area contributed by atoms with Crippen molar-refractivity contribution in [3.05, 3.63) is 40.8 Å². The van der Waals surface area contributed by atoms with Gasteiger partial charge in [0, 0.05) is 5.02 Å². The second-order valence-electron chi connectivity index (χ2n) is 2.91. The number of fused-ring (bicyclic) bond motifs is 1. The summed E-state index contributed by atoms with van der Waals surface area (Å²) in [7, 11) is 0. The van der Waals surface area contributed by atoms with Crippen LogP contribution in [0.4, 0.5) is 0 Å². The summed E-state index contributed by atoms with van der Waals surface area (Å²) in [6.45, 7) is 0. The maximum atomic E-state index is 6.02. The summed E-state index contributed by atoms with van der Waals surface area (Å²) in [5.74, 6) is 0. The molecule has 0 N–H and O–H groups in total. The highest BCUT2D eigenvalue weighted by molar-refractivity contribution is 6.31. The van der Waals surface area contributed by atoms with Crippen LogP contribution in [0.2, 0.25) is 5.02 Å². The fraction of sp³-hybridized carbons (Fsp3) is 0.300. The van der Waals surface area contributed by atoms with Crippen LogP contribution >= 0.6 is 11.6 Å². The Kier molecular flexibility index (Phi) is 1.87. The van der Waals surface area contributed by atoms with Gasteiger partial charge in [-0.25, -0.2) is 0 Å². The number of aryl methyl sites for hydroxylation is 1. The average molecular weight is 166 g/mol. The molecule has 1 aromatic rings. The zero-order valence-electron chi connectivity index (χ0n) is 6.31. The molecule has 57 valence electrons. The highest BCUT2D eigenvalue weighted by Crippen LogP contribution is 2.26. The molecule has 0 fully saturated rings. The van der Waals surface area contributed by atoms with E-state index in [1.807, 2.05) is 12.1 Å². The fourth-order valence-corrected chi connectivity index (χ4v) is 1.84. The summed E-state index contributed by atoms with van der Waals surface area (Å²) >= 11 is 6.02. The van der Waals surface area contributed by atoms with Crippen LogP contribution in [0.25, 0.3) is 0 Å². The molecular formula is C10H10Cl. The SMILES string of the molecule is Clc1cccc2c1C[CH]CC2. The van der Waals surface area contributed by atoms with E-state index in [0.717, 1.165) is 17.9 Å². The molecule has 2 rings (SSSR count). The second-order valence-corrected chi connectivity index (χ2v) is 3.32. The predicted octanol–water partition coefficient (Wildman–Crippen LogP) is 3.03. The molecule has 1 heteroatoms. The average Bonchev–Trinajstić information content (AvgIpc) is 2.06. The first-order valence-electron chi connectivity index (χ1n) is 3.96.